The second-order valence-electron chi connectivity index (χ2n) is 18.1. The van der Waals surface area contributed by atoms with Gasteiger partial charge in [-0.25, -0.2) is 9.78 Å². The van der Waals surface area contributed by atoms with Crippen molar-refractivity contribution in [3.8, 4) is 22.5 Å². The Balaban J connectivity index is 1.65. The Bertz CT molecular complexity index is 2000. The number of nitrogens with zero attached hydrogens (tertiary/aromatic N) is 7. The molecule has 0 aliphatic heterocycles. The fourth-order valence-corrected chi connectivity index (χ4v) is 8.77. The molecule has 5 rings (SSSR count). The first-order chi connectivity index (χ1) is 29.1. The number of hydrogen-bond acceptors (Lipinski definition) is 13. The van der Waals surface area contributed by atoms with Crippen molar-refractivity contribution in [1.82, 2.24) is 29.4 Å². The molecule has 1 fully saturated rings. The van der Waals surface area contributed by atoms with Gasteiger partial charge < -0.3 is 38.1 Å². The van der Waals surface area contributed by atoms with Gasteiger partial charge in [0.25, 0.3) is 0 Å². The van der Waals surface area contributed by atoms with Crippen molar-refractivity contribution >= 4 is 39.3 Å². The molecule has 0 spiro atoms. The lowest BCUT2D eigenvalue weighted by Gasteiger charge is -2.38. The smallest absolute Gasteiger partial charge is 0.338 e. The number of carbonyl (C=O) groups is 1. The monoisotopic (exact) mass is 879 g/mol. The Morgan fingerprint density at radius 3 is 2.08 bits per heavy atom. The van der Waals surface area contributed by atoms with Crippen molar-refractivity contribution in [2.75, 3.05) is 78.8 Å². The summed E-state index contributed by atoms with van der Waals surface area (Å²) in [5.41, 5.74) is 4.27. The number of pyridine rings is 1. The third-order valence-corrected chi connectivity index (χ3v) is 14.2. The molecule has 336 valence electrons. The minimum Gasteiger partial charge on any atom is -0.494 e. The van der Waals surface area contributed by atoms with Crippen LogP contribution in [0.1, 0.15) is 49.8 Å². The van der Waals surface area contributed by atoms with Crippen LogP contribution >= 0.6 is 0 Å². The summed E-state index contributed by atoms with van der Waals surface area (Å²) < 4.78 is 45.4. The van der Waals surface area contributed by atoms with Crippen LogP contribution in [0.25, 0.3) is 33.9 Å². The number of ether oxygens (including phenoxy) is 7. The molecule has 1 saturated carbocycles. The fourth-order valence-electron chi connectivity index (χ4n) is 7.26. The maximum atomic E-state index is 13.7. The molecule has 0 amide bonds. The number of methoxy groups -OCH3 is 2. The van der Waals surface area contributed by atoms with Gasteiger partial charge in [0.05, 0.1) is 49.6 Å². The zero-order valence-corrected chi connectivity index (χ0v) is 40.3. The van der Waals surface area contributed by atoms with Crippen molar-refractivity contribution in [2.45, 2.75) is 95.5 Å². The van der Waals surface area contributed by atoms with E-state index in [1.807, 2.05) is 55.3 Å². The molecule has 17 heteroatoms. The summed E-state index contributed by atoms with van der Waals surface area (Å²) in [5, 5.41) is 9.56. The van der Waals surface area contributed by atoms with Gasteiger partial charge in [-0.3, -0.25) is 9.67 Å². The molecular formula is C44H69N7O8Si2. The van der Waals surface area contributed by atoms with E-state index in [1.165, 1.54) is 0 Å². The van der Waals surface area contributed by atoms with E-state index in [9.17, 15) is 4.79 Å². The molecule has 0 unspecified atom stereocenters. The zero-order valence-electron chi connectivity index (χ0n) is 38.3. The van der Waals surface area contributed by atoms with Crippen LogP contribution in [0.5, 0.6) is 0 Å². The average molecular weight is 880 g/mol. The van der Waals surface area contributed by atoms with Crippen LogP contribution < -0.4 is 4.90 Å². The molecule has 4 aromatic heterocycles. The van der Waals surface area contributed by atoms with Crippen LogP contribution in [0.2, 0.25) is 51.4 Å². The number of fused-ring (bicyclic) bond motifs is 1. The van der Waals surface area contributed by atoms with Crippen molar-refractivity contribution in [1.29, 1.82) is 0 Å². The van der Waals surface area contributed by atoms with E-state index in [0.717, 1.165) is 51.7 Å². The molecule has 1 aliphatic rings. The Morgan fingerprint density at radius 1 is 0.869 bits per heavy atom. The highest BCUT2D eigenvalue weighted by Crippen LogP contribution is 2.45. The summed E-state index contributed by atoms with van der Waals surface area (Å²) >= 11 is 0. The molecule has 1 aliphatic carbocycles. The van der Waals surface area contributed by atoms with Gasteiger partial charge in [-0.05, 0) is 56.8 Å². The van der Waals surface area contributed by atoms with Crippen LogP contribution in [0, 0.1) is 0 Å². The minimum absolute atomic E-state index is 0.100. The number of hydrogen-bond donors (Lipinski definition) is 0. The number of aromatic nitrogens is 6. The average Bonchev–Trinajstić information content (AvgIpc) is 3.85. The minimum atomic E-state index is -1.37. The third kappa shape index (κ3) is 13.0. The van der Waals surface area contributed by atoms with Gasteiger partial charge in [-0.1, -0.05) is 51.9 Å². The first-order valence-electron chi connectivity index (χ1n) is 21.5. The number of rotatable bonds is 25. The lowest BCUT2D eigenvalue weighted by molar-refractivity contribution is -0.180. The largest absolute Gasteiger partial charge is 0.494 e. The standard InChI is InChI=1S/C44H69N7O8Si2/c1-12-57-33(2)39-40(34-15-18-44(19-16-34,59-24-22-54-5)43(52)58-23-21-53-4)47-41-36(35-13-14-37(45-29-35)38-17-20-49(3)48-38)30-46-51(41)42(39)50(31-55-25-27-60(6,7)8)32-56-26-28-61(9,10)11/h13-14,17,20,29-30,34H,2,12,15-16,18-19,21-28,31-32H2,1,3-11H3/t34-,44+. The summed E-state index contributed by atoms with van der Waals surface area (Å²) in [5.74, 6) is 0.702. The Morgan fingerprint density at radius 2 is 1.52 bits per heavy atom. The molecule has 61 heavy (non-hydrogen) atoms. The molecule has 0 N–H and O–H groups in total. The summed E-state index contributed by atoms with van der Waals surface area (Å²) in [6, 6.07) is 7.97. The second kappa shape index (κ2) is 21.9. The Hall–Kier alpha value is -3.98. The molecule has 4 heterocycles. The van der Waals surface area contributed by atoms with Crippen molar-refractivity contribution in [3.05, 3.63) is 54.6 Å². The van der Waals surface area contributed by atoms with Crippen LogP contribution in [0.15, 0.2) is 43.4 Å². The number of aryl methyl sites for hydroxylation is 1. The Labute approximate surface area is 364 Å². The molecule has 0 atom stereocenters. The van der Waals surface area contributed by atoms with Gasteiger partial charge >= 0.3 is 5.97 Å². The SMILES string of the molecule is C=C(OCC)c1c(N(COCC[Si](C)(C)C)COCC[Si](C)(C)C)n2ncc(-c3ccc(-c4ccn(C)n4)nc3)c2nc1[C@H]1CC[C@](OCCOC)(C(=O)OCCOC)CC1. The van der Waals surface area contributed by atoms with E-state index in [1.54, 1.807) is 18.9 Å². The van der Waals surface area contributed by atoms with Crippen LogP contribution in [0.3, 0.4) is 0 Å². The third-order valence-electron chi connectivity index (χ3n) is 10.8. The van der Waals surface area contributed by atoms with Crippen LogP contribution in [0.4, 0.5) is 5.82 Å². The van der Waals surface area contributed by atoms with Crippen molar-refractivity contribution in [2.24, 2.45) is 7.05 Å². The van der Waals surface area contributed by atoms with Gasteiger partial charge in [0, 0.05) is 80.1 Å². The van der Waals surface area contributed by atoms with Gasteiger partial charge in [0.1, 0.15) is 37.3 Å². The Kier molecular flexibility index (Phi) is 17.2. The molecule has 0 bridgehead atoms. The van der Waals surface area contributed by atoms with E-state index in [0.29, 0.717) is 70.1 Å². The van der Waals surface area contributed by atoms with Gasteiger partial charge in [-0.15, -0.1) is 0 Å². The normalized spacial score (nSPS) is 17.2. The highest BCUT2D eigenvalue weighted by Gasteiger charge is 2.46. The number of esters is 1. The van der Waals surface area contributed by atoms with Gasteiger partial charge in [0.15, 0.2) is 11.2 Å². The highest BCUT2D eigenvalue weighted by molar-refractivity contribution is 6.76. The predicted molar refractivity (Wildman–Crippen MR) is 244 cm³/mol. The van der Waals surface area contributed by atoms with Crippen molar-refractivity contribution < 1.29 is 38.0 Å². The molecule has 0 aromatic carbocycles. The molecular weight excluding hydrogens is 811 g/mol. The summed E-state index contributed by atoms with van der Waals surface area (Å²) in [4.78, 5) is 26.1. The van der Waals surface area contributed by atoms with Crippen molar-refractivity contribution in [3.63, 3.8) is 0 Å². The summed E-state index contributed by atoms with van der Waals surface area (Å²) in [6.45, 7) is 23.7. The maximum Gasteiger partial charge on any atom is 0.338 e. The predicted octanol–water partition coefficient (Wildman–Crippen LogP) is 7.88. The first-order valence-corrected chi connectivity index (χ1v) is 28.9. The molecule has 4 aromatic rings. The number of anilines is 1. The van der Waals surface area contributed by atoms with E-state index in [4.69, 9.17) is 48.2 Å². The maximum absolute atomic E-state index is 13.7. The van der Waals surface area contributed by atoms with Crippen LogP contribution in [-0.2, 0) is 45.0 Å². The topological polar surface area (TPSA) is 146 Å². The fraction of sp³-hybridized carbons (Fsp3) is 0.614. The van der Waals surface area contributed by atoms with Crippen LogP contribution in [-0.4, -0.2) is 131 Å². The van der Waals surface area contributed by atoms with E-state index < -0.39 is 21.7 Å². The number of carbonyl (C=O) groups excluding carboxylic acids is 1. The highest BCUT2D eigenvalue weighted by atomic mass is 28.3. The molecule has 0 saturated heterocycles. The summed E-state index contributed by atoms with van der Waals surface area (Å²) in [7, 11) is 2.33. The second-order valence-corrected chi connectivity index (χ2v) is 29.4. The van der Waals surface area contributed by atoms with E-state index in [2.05, 4.69) is 55.9 Å². The van der Waals surface area contributed by atoms with Gasteiger partial charge in [-0.2, -0.15) is 14.7 Å². The first kappa shape index (κ1) is 48.1. The van der Waals surface area contributed by atoms with E-state index >= 15 is 0 Å². The lowest BCUT2D eigenvalue weighted by atomic mass is 9.76. The zero-order chi connectivity index (χ0) is 44.2. The van der Waals surface area contributed by atoms with Gasteiger partial charge in [0.2, 0.25) is 0 Å². The summed E-state index contributed by atoms with van der Waals surface area (Å²) in [6.07, 6.45) is 7.59. The van der Waals surface area contributed by atoms with E-state index in [-0.39, 0.29) is 38.6 Å². The molecule has 15 nitrogen and oxygen atoms in total. The molecule has 0 radical (unpaired) electrons. The quantitative estimate of drug-likeness (QED) is 0.0209. The lowest BCUT2D eigenvalue weighted by Crippen LogP contribution is -2.47.